The number of fused-ring (bicyclic) bond motifs is 2. The SMILES string of the molecule is CC1(C)c2ccccc2Nc2cc(Oc3ccccc3)ccc21. The summed E-state index contributed by atoms with van der Waals surface area (Å²) in [6, 6.07) is 24.6. The molecule has 3 aromatic rings. The highest BCUT2D eigenvalue weighted by Crippen LogP contribution is 2.46. The van der Waals surface area contributed by atoms with Crippen molar-refractivity contribution < 1.29 is 4.74 Å². The van der Waals surface area contributed by atoms with E-state index in [2.05, 4.69) is 55.6 Å². The van der Waals surface area contributed by atoms with Crippen molar-refractivity contribution in [2.75, 3.05) is 5.32 Å². The van der Waals surface area contributed by atoms with E-state index in [-0.39, 0.29) is 5.41 Å². The van der Waals surface area contributed by atoms with Crippen LogP contribution in [0, 0.1) is 0 Å². The number of nitrogens with one attached hydrogen (secondary N) is 1. The molecule has 0 bridgehead atoms. The van der Waals surface area contributed by atoms with Gasteiger partial charge in [-0.05, 0) is 35.4 Å². The molecule has 2 heteroatoms. The third-order valence-electron chi connectivity index (χ3n) is 4.51. The Kier molecular flexibility index (Phi) is 3.12. The van der Waals surface area contributed by atoms with Crippen molar-refractivity contribution in [3.05, 3.63) is 83.9 Å². The molecule has 0 amide bonds. The molecule has 0 atom stereocenters. The van der Waals surface area contributed by atoms with Crippen LogP contribution in [0.5, 0.6) is 11.5 Å². The Hall–Kier alpha value is -2.74. The van der Waals surface area contributed by atoms with Crippen LogP contribution in [-0.2, 0) is 5.41 Å². The lowest BCUT2D eigenvalue weighted by atomic mass is 9.74. The molecule has 0 aliphatic carbocycles. The van der Waals surface area contributed by atoms with Crippen LogP contribution in [-0.4, -0.2) is 0 Å². The van der Waals surface area contributed by atoms with Gasteiger partial charge in [0.15, 0.2) is 0 Å². The highest BCUT2D eigenvalue weighted by atomic mass is 16.5. The quantitative estimate of drug-likeness (QED) is 0.640. The van der Waals surface area contributed by atoms with E-state index in [0.29, 0.717) is 0 Å². The second-order valence-corrected chi connectivity index (χ2v) is 6.42. The number of anilines is 2. The Morgan fingerprint density at radius 2 is 1.39 bits per heavy atom. The van der Waals surface area contributed by atoms with E-state index in [4.69, 9.17) is 4.74 Å². The van der Waals surface area contributed by atoms with Crippen LogP contribution in [0.25, 0.3) is 0 Å². The van der Waals surface area contributed by atoms with Gasteiger partial charge in [-0.15, -0.1) is 0 Å². The summed E-state index contributed by atoms with van der Waals surface area (Å²) in [6.45, 7) is 4.53. The molecule has 23 heavy (non-hydrogen) atoms. The fourth-order valence-corrected chi connectivity index (χ4v) is 3.29. The Labute approximate surface area is 136 Å². The van der Waals surface area contributed by atoms with E-state index >= 15 is 0 Å². The van der Waals surface area contributed by atoms with Gasteiger partial charge in [-0.3, -0.25) is 0 Å². The second-order valence-electron chi connectivity index (χ2n) is 6.42. The Morgan fingerprint density at radius 3 is 2.22 bits per heavy atom. The molecular weight excluding hydrogens is 282 g/mol. The number of ether oxygens (including phenoxy) is 1. The van der Waals surface area contributed by atoms with Crippen LogP contribution in [0.4, 0.5) is 11.4 Å². The topological polar surface area (TPSA) is 21.3 Å². The predicted molar refractivity (Wildman–Crippen MR) is 94.8 cm³/mol. The van der Waals surface area contributed by atoms with Gasteiger partial charge in [-0.2, -0.15) is 0 Å². The molecule has 1 aliphatic heterocycles. The maximum Gasteiger partial charge on any atom is 0.129 e. The minimum Gasteiger partial charge on any atom is -0.457 e. The largest absolute Gasteiger partial charge is 0.457 e. The van der Waals surface area contributed by atoms with Gasteiger partial charge in [0.1, 0.15) is 11.5 Å². The Bertz CT molecular complexity index is 853. The summed E-state index contributed by atoms with van der Waals surface area (Å²) in [5.41, 5.74) is 4.87. The third kappa shape index (κ3) is 2.36. The standard InChI is InChI=1S/C21H19NO/c1-21(2)17-10-6-7-11-19(17)22-20-14-16(12-13-18(20)21)23-15-8-4-3-5-9-15/h3-14,22H,1-2H3. The first-order valence-electron chi connectivity index (χ1n) is 7.88. The molecule has 1 aliphatic rings. The summed E-state index contributed by atoms with van der Waals surface area (Å²) in [4.78, 5) is 0. The van der Waals surface area contributed by atoms with Crippen LogP contribution in [0.3, 0.4) is 0 Å². The van der Waals surface area contributed by atoms with Crippen LogP contribution in [0.2, 0.25) is 0 Å². The van der Waals surface area contributed by atoms with E-state index in [9.17, 15) is 0 Å². The first-order valence-corrected chi connectivity index (χ1v) is 7.88. The fourth-order valence-electron chi connectivity index (χ4n) is 3.29. The minimum atomic E-state index is -0.0253. The van der Waals surface area contributed by atoms with Crippen molar-refractivity contribution in [1.82, 2.24) is 0 Å². The average Bonchev–Trinajstić information content (AvgIpc) is 2.56. The van der Waals surface area contributed by atoms with Gasteiger partial charge in [0, 0.05) is 22.9 Å². The van der Waals surface area contributed by atoms with Gasteiger partial charge in [-0.25, -0.2) is 0 Å². The lowest BCUT2D eigenvalue weighted by molar-refractivity contribution is 0.482. The molecule has 1 heterocycles. The number of benzene rings is 3. The predicted octanol–water partition coefficient (Wildman–Crippen LogP) is 5.86. The molecule has 0 unspecified atom stereocenters. The highest BCUT2D eigenvalue weighted by molar-refractivity contribution is 5.76. The van der Waals surface area contributed by atoms with Crippen LogP contribution in [0.15, 0.2) is 72.8 Å². The number of hydrogen-bond acceptors (Lipinski definition) is 2. The third-order valence-corrected chi connectivity index (χ3v) is 4.51. The summed E-state index contributed by atoms with van der Waals surface area (Å²) in [7, 11) is 0. The minimum absolute atomic E-state index is 0.0253. The van der Waals surface area contributed by atoms with E-state index in [1.165, 1.54) is 16.8 Å². The smallest absolute Gasteiger partial charge is 0.129 e. The lowest BCUT2D eigenvalue weighted by Gasteiger charge is -2.35. The molecule has 3 aromatic carbocycles. The van der Waals surface area contributed by atoms with E-state index in [1.54, 1.807) is 0 Å². The van der Waals surface area contributed by atoms with Gasteiger partial charge in [-0.1, -0.05) is 56.3 Å². The highest BCUT2D eigenvalue weighted by Gasteiger charge is 2.32. The van der Waals surface area contributed by atoms with Crippen molar-refractivity contribution in [3.8, 4) is 11.5 Å². The van der Waals surface area contributed by atoms with E-state index in [0.717, 1.165) is 17.2 Å². The molecule has 0 aromatic heterocycles. The van der Waals surface area contributed by atoms with Crippen molar-refractivity contribution >= 4 is 11.4 Å². The van der Waals surface area contributed by atoms with Gasteiger partial charge in [0.25, 0.3) is 0 Å². The molecule has 0 radical (unpaired) electrons. The lowest BCUT2D eigenvalue weighted by Crippen LogP contribution is -2.25. The first-order chi connectivity index (χ1) is 11.1. The fraction of sp³-hybridized carbons (Fsp3) is 0.143. The molecule has 0 fully saturated rings. The number of para-hydroxylation sites is 2. The normalized spacial score (nSPS) is 14.3. The maximum absolute atomic E-state index is 5.96. The van der Waals surface area contributed by atoms with Crippen molar-refractivity contribution in [3.63, 3.8) is 0 Å². The zero-order valence-electron chi connectivity index (χ0n) is 13.3. The number of rotatable bonds is 2. The molecule has 1 N–H and O–H groups in total. The summed E-state index contributed by atoms with van der Waals surface area (Å²) in [6.07, 6.45) is 0. The summed E-state index contributed by atoms with van der Waals surface area (Å²) >= 11 is 0. The second kappa shape index (κ2) is 5.17. The average molecular weight is 301 g/mol. The zero-order valence-corrected chi connectivity index (χ0v) is 13.3. The van der Waals surface area contributed by atoms with Crippen molar-refractivity contribution in [1.29, 1.82) is 0 Å². The van der Waals surface area contributed by atoms with Gasteiger partial charge in [0.05, 0.1) is 0 Å². The summed E-state index contributed by atoms with van der Waals surface area (Å²) < 4.78 is 5.96. The molecule has 4 rings (SSSR count). The molecule has 0 saturated carbocycles. The van der Waals surface area contributed by atoms with Crippen LogP contribution in [0.1, 0.15) is 25.0 Å². The summed E-state index contributed by atoms with van der Waals surface area (Å²) in [5, 5.41) is 3.54. The van der Waals surface area contributed by atoms with Crippen LogP contribution < -0.4 is 10.1 Å². The van der Waals surface area contributed by atoms with Gasteiger partial charge in [0.2, 0.25) is 0 Å². The molecule has 2 nitrogen and oxygen atoms in total. The first kappa shape index (κ1) is 13.9. The summed E-state index contributed by atoms with van der Waals surface area (Å²) in [5.74, 6) is 1.69. The van der Waals surface area contributed by atoms with E-state index in [1.807, 2.05) is 36.4 Å². The Balaban J connectivity index is 1.74. The van der Waals surface area contributed by atoms with E-state index < -0.39 is 0 Å². The maximum atomic E-state index is 5.96. The Morgan fingerprint density at radius 1 is 0.696 bits per heavy atom. The van der Waals surface area contributed by atoms with Crippen molar-refractivity contribution in [2.45, 2.75) is 19.3 Å². The number of hydrogen-bond donors (Lipinski definition) is 1. The monoisotopic (exact) mass is 301 g/mol. The molecule has 0 saturated heterocycles. The molecule has 0 spiro atoms. The molecular formula is C21H19NO. The molecule has 114 valence electrons. The van der Waals surface area contributed by atoms with Gasteiger partial charge >= 0.3 is 0 Å². The van der Waals surface area contributed by atoms with Gasteiger partial charge < -0.3 is 10.1 Å². The van der Waals surface area contributed by atoms with Crippen molar-refractivity contribution in [2.24, 2.45) is 0 Å². The van der Waals surface area contributed by atoms with Crippen LogP contribution >= 0.6 is 0 Å². The zero-order chi connectivity index (χ0) is 15.9.